The van der Waals surface area contributed by atoms with Gasteiger partial charge in [-0.25, -0.2) is 0 Å². The average Bonchev–Trinajstić information content (AvgIpc) is 2.17. The number of hydrogen-bond donors (Lipinski definition) is 1. The lowest BCUT2D eigenvalue weighted by molar-refractivity contribution is 0.341. The summed E-state index contributed by atoms with van der Waals surface area (Å²) in [5.74, 6) is 0.822. The number of aliphatic hydroxyl groups excluding tert-OH is 1. The maximum atomic E-state index is 8.72. The van der Waals surface area contributed by atoms with E-state index in [0.717, 1.165) is 18.8 Å². The van der Waals surface area contributed by atoms with E-state index in [9.17, 15) is 0 Å². The number of hydrogen-bond acceptors (Lipinski definition) is 1. The summed E-state index contributed by atoms with van der Waals surface area (Å²) < 4.78 is 0. The summed E-state index contributed by atoms with van der Waals surface area (Å²) in [6.45, 7) is 9.04. The Balaban J connectivity index is 3.66. The average molecular weight is 224 g/mol. The van der Waals surface area contributed by atoms with Crippen molar-refractivity contribution in [1.29, 1.82) is 0 Å². The fraction of sp³-hybridized carbons (Fsp3) is 0.733. The molecule has 0 radical (unpaired) electrons. The molecule has 0 aliphatic carbocycles. The normalized spacial score (nSPS) is 13.6. The summed E-state index contributed by atoms with van der Waals surface area (Å²) in [7, 11) is 0. The first kappa shape index (κ1) is 15.4. The fourth-order valence-corrected chi connectivity index (χ4v) is 1.70. The second kappa shape index (κ2) is 9.65. The van der Waals surface area contributed by atoms with E-state index in [1.807, 2.05) is 6.08 Å². The van der Waals surface area contributed by atoms with Crippen LogP contribution in [0.1, 0.15) is 59.8 Å². The van der Waals surface area contributed by atoms with Crippen molar-refractivity contribution in [2.45, 2.75) is 59.8 Å². The van der Waals surface area contributed by atoms with Crippen LogP contribution < -0.4 is 0 Å². The SMILES string of the molecule is C/C(=C\CO)CC/C=C(\C)CCCC(C)C. The Kier molecular flexibility index (Phi) is 9.31. The Labute approximate surface area is 101 Å². The summed E-state index contributed by atoms with van der Waals surface area (Å²) in [6, 6.07) is 0. The van der Waals surface area contributed by atoms with Crippen LogP contribution in [0.5, 0.6) is 0 Å². The zero-order valence-electron chi connectivity index (χ0n) is 11.4. The van der Waals surface area contributed by atoms with Crippen molar-refractivity contribution >= 4 is 0 Å². The van der Waals surface area contributed by atoms with E-state index in [0.29, 0.717) is 0 Å². The predicted molar refractivity (Wildman–Crippen MR) is 72.5 cm³/mol. The van der Waals surface area contributed by atoms with E-state index >= 15 is 0 Å². The van der Waals surface area contributed by atoms with E-state index < -0.39 is 0 Å². The molecule has 0 aliphatic heterocycles. The highest BCUT2D eigenvalue weighted by Gasteiger charge is 1.95. The second-order valence-corrected chi connectivity index (χ2v) is 5.11. The van der Waals surface area contributed by atoms with Gasteiger partial charge in [-0.3, -0.25) is 0 Å². The van der Waals surface area contributed by atoms with E-state index in [-0.39, 0.29) is 6.61 Å². The maximum Gasteiger partial charge on any atom is 0.0614 e. The minimum Gasteiger partial charge on any atom is -0.392 e. The first-order valence-electron chi connectivity index (χ1n) is 6.48. The van der Waals surface area contributed by atoms with E-state index in [2.05, 4.69) is 33.8 Å². The Hall–Kier alpha value is -0.560. The van der Waals surface area contributed by atoms with Gasteiger partial charge in [-0.1, -0.05) is 43.6 Å². The third-order valence-corrected chi connectivity index (χ3v) is 2.82. The van der Waals surface area contributed by atoms with Gasteiger partial charge in [0, 0.05) is 0 Å². The molecule has 0 atom stereocenters. The van der Waals surface area contributed by atoms with Crippen molar-refractivity contribution in [3.63, 3.8) is 0 Å². The molecule has 16 heavy (non-hydrogen) atoms. The standard InChI is InChI=1S/C15H28O/c1-13(2)7-5-8-14(3)9-6-10-15(4)11-12-16/h9,11,13,16H,5-8,10,12H2,1-4H3/b14-9+,15-11+. The van der Waals surface area contributed by atoms with Crippen LogP contribution in [0.4, 0.5) is 0 Å². The van der Waals surface area contributed by atoms with Crippen LogP contribution in [0.25, 0.3) is 0 Å². The van der Waals surface area contributed by atoms with Gasteiger partial charge in [0.05, 0.1) is 6.61 Å². The topological polar surface area (TPSA) is 20.2 Å². The van der Waals surface area contributed by atoms with Crippen LogP contribution in [-0.4, -0.2) is 11.7 Å². The van der Waals surface area contributed by atoms with Crippen molar-refractivity contribution in [3.05, 3.63) is 23.3 Å². The predicted octanol–water partition coefficient (Wildman–Crippen LogP) is 4.48. The van der Waals surface area contributed by atoms with Crippen molar-refractivity contribution in [3.8, 4) is 0 Å². The van der Waals surface area contributed by atoms with E-state index in [4.69, 9.17) is 5.11 Å². The molecule has 1 N–H and O–H groups in total. The number of rotatable bonds is 8. The third-order valence-electron chi connectivity index (χ3n) is 2.82. The molecule has 0 heterocycles. The molecular formula is C15H28O. The summed E-state index contributed by atoms with van der Waals surface area (Å²) in [4.78, 5) is 0. The zero-order valence-corrected chi connectivity index (χ0v) is 11.4. The molecule has 0 aromatic rings. The van der Waals surface area contributed by atoms with Gasteiger partial charge >= 0.3 is 0 Å². The second-order valence-electron chi connectivity index (χ2n) is 5.11. The monoisotopic (exact) mass is 224 g/mol. The van der Waals surface area contributed by atoms with Gasteiger partial charge in [0.1, 0.15) is 0 Å². The van der Waals surface area contributed by atoms with Crippen LogP contribution in [0.2, 0.25) is 0 Å². The van der Waals surface area contributed by atoms with Crippen molar-refractivity contribution < 1.29 is 5.11 Å². The molecular weight excluding hydrogens is 196 g/mol. The molecule has 0 aromatic carbocycles. The number of allylic oxidation sites excluding steroid dienone is 3. The third kappa shape index (κ3) is 9.97. The van der Waals surface area contributed by atoms with Crippen molar-refractivity contribution in [2.75, 3.05) is 6.61 Å². The Bertz CT molecular complexity index is 224. The molecule has 1 nitrogen and oxygen atoms in total. The van der Waals surface area contributed by atoms with Gasteiger partial charge in [-0.2, -0.15) is 0 Å². The molecule has 0 unspecified atom stereocenters. The Morgan fingerprint density at radius 3 is 2.25 bits per heavy atom. The molecule has 94 valence electrons. The maximum absolute atomic E-state index is 8.72. The summed E-state index contributed by atoms with van der Waals surface area (Å²) in [5, 5.41) is 8.72. The fourth-order valence-electron chi connectivity index (χ4n) is 1.70. The highest BCUT2D eigenvalue weighted by atomic mass is 16.2. The lowest BCUT2D eigenvalue weighted by Gasteiger charge is -2.05. The van der Waals surface area contributed by atoms with Gasteiger partial charge in [0.15, 0.2) is 0 Å². The van der Waals surface area contributed by atoms with E-state index in [1.165, 1.54) is 30.4 Å². The molecule has 0 bridgehead atoms. The largest absolute Gasteiger partial charge is 0.392 e. The molecule has 0 aromatic heterocycles. The molecule has 0 rings (SSSR count). The highest BCUT2D eigenvalue weighted by molar-refractivity contribution is 5.03. The summed E-state index contributed by atoms with van der Waals surface area (Å²) >= 11 is 0. The van der Waals surface area contributed by atoms with Gasteiger partial charge in [0.2, 0.25) is 0 Å². The first-order valence-corrected chi connectivity index (χ1v) is 6.48. The smallest absolute Gasteiger partial charge is 0.0614 e. The molecule has 1 heteroatoms. The van der Waals surface area contributed by atoms with Gasteiger partial charge in [-0.05, 0) is 45.4 Å². The molecule has 0 saturated carbocycles. The summed E-state index contributed by atoms with van der Waals surface area (Å²) in [6.07, 6.45) is 10.3. The Morgan fingerprint density at radius 2 is 1.69 bits per heavy atom. The van der Waals surface area contributed by atoms with Gasteiger partial charge < -0.3 is 5.11 Å². The van der Waals surface area contributed by atoms with Crippen LogP contribution in [0, 0.1) is 5.92 Å². The van der Waals surface area contributed by atoms with Crippen LogP contribution in [0.15, 0.2) is 23.3 Å². The van der Waals surface area contributed by atoms with E-state index in [1.54, 1.807) is 0 Å². The van der Waals surface area contributed by atoms with Gasteiger partial charge in [0.25, 0.3) is 0 Å². The molecule has 0 fully saturated rings. The van der Waals surface area contributed by atoms with Crippen LogP contribution in [-0.2, 0) is 0 Å². The van der Waals surface area contributed by atoms with Crippen molar-refractivity contribution in [2.24, 2.45) is 5.92 Å². The quantitative estimate of drug-likeness (QED) is 0.603. The van der Waals surface area contributed by atoms with Crippen LogP contribution >= 0.6 is 0 Å². The van der Waals surface area contributed by atoms with Crippen LogP contribution in [0.3, 0.4) is 0 Å². The molecule has 0 aliphatic rings. The first-order chi connectivity index (χ1) is 7.56. The molecule has 0 amide bonds. The van der Waals surface area contributed by atoms with Crippen molar-refractivity contribution in [1.82, 2.24) is 0 Å². The lowest BCUT2D eigenvalue weighted by atomic mass is 10.0. The zero-order chi connectivity index (χ0) is 12.4. The number of aliphatic hydroxyl groups is 1. The summed E-state index contributed by atoms with van der Waals surface area (Å²) in [5.41, 5.74) is 2.80. The minimum atomic E-state index is 0.170. The van der Waals surface area contributed by atoms with Gasteiger partial charge in [-0.15, -0.1) is 0 Å². The Morgan fingerprint density at radius 1 is 1.06 bits per heavy atom. The minimum absolute atomic E-state index is 0.170. The lowest BCUT2D eigenvalue weighted by Crippen LogP contribution is -1.88. The molecule has 0 saturated heterocycles. The highest BCUT2D eigenvalue weighted by Crippen LogP contribution is 2.13. The molecule has 0 spiro atoms.